The predicted octanol–water partition coefficient (Wildman–Crippen LogP) is 4.34. The first-order valence-corrected chi connectivity index (χ1v) is 7.74. The van der Waals surface area contributed by atoms with Crippen LogP contribution in [0.4, 0.5) is 4.39 Å². The van der Waals surface area contributed by atoms with Crippen molar-refractivity contribution in [2.45, 2.75) is 32.4 Å². The van der Waals surface area contributed by atoms with Crippen LogP contribution in [0.15, 0.2) is 34.8 Å². The molecule has 0 amide bonds. The van der Waals surface area contributed by atoms with Crippen molar-refractivity contribution >= 4 is 15.9 Å². The van der Waals surface area contributed by atoms with Crippen molar-refractivity contribution in [2.75, 3.05) is 0 Å². The number of aromatic nitrogens is 1. The van der Waals surface area contributed by atoms with Gasteiger partial charge in [0, 0.05) is 24.3 Å². The Labute approximate surface area is 131 Å². The van der Waals surface area contributed by atoms with Crippen LogP contribution >= 0.6 is 15.9 Å². The Balaban J connectivity index is 1.70. The van der Waals surface area contributed by atoms with Crippen molar-refractivity contribution in [3.05, 3.63) is 51.9 Å². The SMILES string of the molecule is Cc1nc(Oc2ccc(F)c(Br)c2)ccc1CNC1CC1. The maximum Gasteiger partial charge on any atom is 0.219 e. The predicted molar refractivity (Wildman–Crippen MR) is 83.0 cm³/mol. The molecule has 21 heavy (non-hydrogen) atoms. The highest BCUT2D eigenvalue weighted by Gasteiger charge is 2.20. The largest absolute Gasteiger partial charge is 0.439 e. The van der Waals surface area contributed by atoms with E-state index in [2.05, 4.69) is 26.2 Å². The van der Waals surface area contributed by atoms with Gasteiger partial charge < -0.3 is 10.1 Å². The lowest BCUT2D eigenvalue weighted by molar-refractivity contribution is 0.458. The van der Waals surface area contributed by atoms with E-state index in [9.17, 15) is 4.39 Å². The molecule has 3 nitrogen and oxygen atoms in total. The van der Waals surface area contributed by atoms with Crippen molar-refractivity contribution in [3.8, 4) is 11.6 Å². The highest BCUT2D eigenvalue weighted by atomic mass is 79.9. The number of aryl methyl sites for hydroxylation is 1. The summed E-state index contributed by atoms with van der Waals surface area (Å²) >= 11 is 3.14. The lowest BCUT2D eigenvalue weighted by Gasteiger charge is -2.10. The summed E-state index contributed by atoms with van der Waals surface area (Å²) in [6, 6.07) is 9.08. The van der Waals surface area contributed by atoms with Crippen LogP contribution in [-0.4, -0.2) is 11.0 Å². The summed E-state index contributed by atoms with van der Waals surface area (Å²) in [5.41, 5.74) is 2.12. The molecule has 5 heteroatoms. The molecule has 2 aromatic rings. The smallest absolute Gasteiger partial charge is 0.219 e. The first-order chi connectivity index (χ1) is 10.1. The summed E-state index contributed by atoms with van der Waals surface area (Å²) in [5.74, 6) is 0.758. The molecule has 1 heterocycles. The molecule has 1 aromatic heterocycles. The lowest BCUT2D eigenvalue weighted by Crippen LogP contribution is -2.16. The molecule has 0 spiro atoms. The zero-order chi connectivity index (χ0) is 14.8. The van der Waals surface area contributed by atoms with Gasteiger partial charge in [0.05, 0.1) is 4.47 Å². The molecule has 1 aliphatic carbocycles. The second-order valence-corrected chi connectivity index (χ2v) is 6.08. The van der Waals surface area contributed by atoms with Crippen molar-refractivity contribution < 1.29 is 9.13 Å². The van der Waals surface area contributed by atoms with E-state index in [4.69, 9.17) is 4.74 Å². The Bertz CT molecular complexity index is 659. The molecule has 0 unspecified atom stereocenters. The van der Waals surface area contributed by atoms with Crippen LogP contribution in [0.3, 0.4) is 0 Å². The monoisotopic (exact) mass is 350 g/mol. The van der Waals surface area contributed by atoms with Gasteiger partial charge >= 0.3 is 0 Å². The van der Waals surface area contributed by atoms with Crippen LogP contribution < -0.4 is 10.1 Å². The second kappa shape index (κ2) is 6.12. The summed E-state index contributed by atoms with van der Waals surface area (Å²) in [6.07, 6.45) is 2.54. The Morgan fingerprint density at radius 2 is 2.14 bits per heavy atom. The van der Waals surface area contributed by atoms with Gasteiger partial charge in [-0.1, -0.05) is 6.07 Å². The van der Waals surface area contributed by atoms with Crippen molar-refractivity contribution in [1.82, 2.24) is 10.3 Å². The number of nitrogens with zero attached hydrogens (tertiary/aromatic N) is 1. The average molecular weight is 351 g/mol. The number of halogens is 2. The van der Waals surface area contributed by atoms with Gasteiger partial charge in [0.15, 0.2) is 0 Å². The molecule has 0 saturated heterocycles. The first-order valence-electron chi connectivity index (χ1n) is 6.94. The van der Waals surface area contributed by atoms with Gasteiger partial charge in [-0.3, -0.25) is 0 Å². The average Bonchev–Trinajstić information content (AvgIpc) is 3.26. The van der Waals surface area contributed by atoms with E-state index in [1.807, 2.05) is 19.1 Å². The van der Waals surface area contributed by atoms with E-state index in [1.54, 1.807) is 12.1 Å². The second-order valence-electron chi connectivity index (χ2n) is 5.23. The molecule has 110 valence electrons. The van der Waals surface area contributed by atoms with E-state index < -0.39 is 0 Å². The molecular weight excluding hydrogens is 335 g/mol. The molecule has 1 fully saturated rings. The zero-order valence-electron chi connectivity index (χ0n) is 11.7. The third kappa shape index (κ3) is 3.80. The fourth-order valence-electron chi connectivity index (χ4n) is 2.01. The van der Waals surface area contributed by atoms with Crippen LogP contribution in [-0.2, 0) is 6.54 Å². The van der Waals surface area contributed by atoms with Gasteiger partial charge in [0.1, 0.15) is 11.6 Å². The maximum absolute atomic E-state index is 13.2. The number of pyridine rings is 1. The summed E-state index contributed by atoms with van der Waals surface area (Å²) < 4.78 is 19.2. The highest BCUT2D eigenvalue weighted by Crippen LogP contribution is 2.26. The summed E-state index contributed by atoms with van der Waals surface area (Å²) in [7, 11) is 0. The summed E-state index contributed by atoms with van der Waals surface area (Å²) in [6.45, 7) is 2.81. The molecule has 0 radical (unpaired) electrons. The van der Waals surface area contributed by atoms with E-state index in [-0.39, 0.29) is 5.82 Å². The highest BCUT2D eigenvalue weighted by molar-refractivity contribution is 9.10. The number of ether oxygens (including phenoxy) is 1. The summed E-state index contributed by atoms with van der Waals surface area (Å²) in [4.78, 5) is 4.45. The number of benzene rings is 1. The Morgan fingerprint density at radius 1 is 1.33 bits per heavy atom. The first kappa shape index (κ1) is 14.5. The third-order valence-corrected chi connectivity index (χ3v) is 4.05. The minimum absolute atomic E-state index is 0.312. The summed E-state index contributed by atoms with van der Waals surface area (Å²) in [5, 5.41) is 3.47. The van der Waals surface area contributed by atoms with Crippen molar-refractivity contribution in [2.24, 2.45) is 0 Å². The number of rotatable bonds is 5. The number of hydrogen-bond acceptors (Lipinski definition) is 3. The van der Waals surface area contributed by atoms with Crippen molar-refractivity contribution in [3.63, 3.8) is 0 Å². The Kier molecular flexibility index (Phi) is 4.22. The molecule has 1 aromatic carbocycles. The van der Waals surface area contributed by atoms with Crippen LogP contribution in [0, 0.1) is 12.7 Å². The van der Waals surface area contributed by atoms with E-state index in [0.29, 0.717) is 22.1 Å². The van der Waals surface area contributed by atoms with Crippen LogP contribution in [0.5, 0.6) is 11.6 Å². The van der Waals surface area contributed by atoms with Gasteiger partial charge in [-0.25, -0.2) is 9.37 Å². The van der Waals surface area contributed by atoms with E-state index >= 15 is 0 Å². The molecule has 0 atom stereocenters. The standard InChI is InChI=1S/C16H16BrFN2O/c1-10-11(9-19-12-3-4-12)2-7-16(20-10)21-13-5-6-15(18)14(17)8-13/h2,5-8,12,19H,3-4,9H2,1H3. The fourth-order valence-corrected chi connectivity index (χ4v) is 2.37. The molecule has 1 aliphatic rings. The molecular formula is C16H16BrFN2O. The van der Waals surface area contributed by atoms with E-state index in [1.165, 1.54) is 24.5 Å². The fraction of sp³-hybridized carbons (Fsp3) is 0.312. The van der Waals surface area contributed by atoms with Crippen LogP contribution in [0.1, 0.15) is 24.1 Å². The zero-order valence-corrected chi connectivity index (χ0v) is 13.3. The normalized spacial score (nSPS) is 14.2. The Morgan fingerprint density at radius 3 is 2.81 bits per heavy atom. The lowest BCUT2D eigenvalue weighted by atomic mass is 10.2. The molecule has 0 aliphatic heterocycles. The van der Waals surface area contributed by atoms with Gasteiger partial charge in [-0.05, 0) is 59.5 Å². The Hall–Kier alpha value is -1.46. The molecule has 1 N–H and O–H groups in total. The topological polar surface area (TPSA) is 34.1 Å². The van der Waals surface area contributed by atoms with Gasteiger partial charge in [0.25, 0.3) is 0 Å². The van der Waals surface area contributed by atoms with Crippen LogP contribution in [0.2, 0.25) is 0 Å². The molecule has 0 bridgehead atoms. The number of nitrogens with one attached hydrogen (secondary N) is 1. The van der Waals surface area contributed by atoms with E-state index in [0.717, 1.165) is 12.2 Å². The minimum atomic E-state index is -0.312. The molecule has 1 saturated carbocycles. The quantitative estimate of drug-likeness (QED) is 0.870. The molecule has 3 rings (SSSR count). The number of hydrogen-bond donors (Lipinski definition) is 1. The van der Waals surface area contributed by atoms with Gasteiger partial charge in [0.2, 0.25) is 5.88 Å². The van der Waals surface area contributed by atoms with Crippen molar-refractivity contribution in [1.29, 1.82) is 0 Å². The third-order valence-electron chi connectivity index (χ3n) is 3.44. The van der Waals surface area contributed by atoms with Gasteiger partial charge in [-0.15, -0.1) is 0 Å². The maximum atomic E-state index is 13.2. The van der Waals surface area contributed by atoms with Gasteiger partial charge in [-0.2, -0.15) is 0 Å². The minimum Gasteiger partial charge on any atom is -0.439 e. The van der Waals surface area contributed by atoms with Crippen LogP contribution in [0.25, 0.3) is 0 Å².